The predicted octanol–water partition coefficient (Wildman–Crippen LogP) is 3.19. The minimum absolute atomic E-state index is 0.206. The summed E-state index contributed by atoms with van der Waals surface area (Å²) < 4.78 is 4.83. The summed E-state index contributed by atoms with van der Waals surface area (Å²) in [7, 11) is 0. The van der Waals surface area contributed by atoms with E-state index in [1.54, 1.807) is 0 Å². The van der Waals surface area contributed by atoms with Crippen LogP contribution in [0.25, 0.3) is 0 Å². The maximum absolute atomic E-state index is 10.5. The Bertz CT molecular complexity index is 518. The van der Waals surface area contributed by atoms with E-state index in [2.05, 4.69) is 5.16 Å². The highest BCUT2D eigenvalue weighted by Gasteiger charge is 2.43. The Morgan fingerprint density at radius 3 is 2.65 bits per heavy atom. The van der Waals surface area contributed by atoms with Crippen LogP contribution in [0.15, 0.2) is 35.5 Å². The fourth-order valence-electron chi connectivity index (χ4n) is 2.95. The Morgan fingerprint density at radius 2 is 2.00 bits per heavy atom. The molecular weight excluding hydrogens is 258 g/mol. The van der Waals surface area contributed by atoms with Gasteiger partial charge < -0.3 is 14.7 Å². The standard InChI is InChI=1S/C15H17NO4/c17-14(18)19-12-6-8-15(9-7-12)10-13(16-20-15)11-4-2-1-3-5-11/h1-5,12H,6-10H2,(H,17,18). The number of ether oxygens (including phenoxy) is 1. The van der Waals surface area contributed by atoms with Gasteiger partial charge in [-0.05, 0) is 31.2 Å². The van der Waals surface area contributed by atoms with Gasteiger partial charge in [0.2, 0.25) is 0 Å². The molecule has 5 nitrogen and oxygen atoms in total. The van der Waals surface area contributed by atoms with Gasteiger partial charge in [0.15, 0.2) is 0 Å². The molecule has 1 saturated carbocycles. The van der Waals surface area contributed by atoms with E-state index in [4.69, 9.17) is 14.7 Å². The van der Waals surface area contributed by atoms with E-state index in [1.807, 2.05) is 30.3 Å². The lowest BCUT2D eigenvalue weighted by Crippen LogP contribution is -2.37. The van der Waals surface area contributed by atoms with Gasteiger partial charge in [0.1, 0.15) is 11.7 Å². The third kappa shape index (κ3) is 2.61. The van der Waals surface area contributed by atoms with Gasteiger partial charge in [0.05, 0.1) is 5.71 Å². The second-order valence-corrected chi connectivity index (χ2v) is 5.44. The van der Waals surface area contributed by atoms with Gasteiger partial charge in [0.25, 0.3) is 0 Å². The summed E-state index contributed by atoms with van der Waals surface area (Å²) in [5.74, 6) is 0. The zero-order valence-corrected chi connectivity index (χ0v) is 11.1. The van der Waals surface area contributed by atoms with Crippen LogP contribution in [0.1, 0.15) is 37.7 Å². The first-order valence-electron chi connectivity index (χ1n) is 6.87. The lowest BCUT2D eigenvalue weighted by atomic mass is 9.79. The number of benzene rings is 1. The molecule has 20 heavy (non-hydrogen) atoms. The smallest absolute Gasteiger partial charge is 0.450 e. The van der Waals surface area contributed by atoms with Crippen LogP contribution in [-0.4, -0.2) is 28.7 Å². The van der Waals surface area contributed by atoms with Crippen LogP contribution in [0, 0.1) is 0 Å². The minimum atomic E-state index is -1.19. The summed E-state index contributed by atoms with van der Waals surface area (Å²) in [5.41, 5.74) is 1.81. The number of carbonyl (C=O) groups is 1. The van der Waals surface area contributed by atoms with Gasteiger partial charge in [-0.15, -0.1) is 0 Å². The molecule has 5 heteroatoms. The minimum Gasteiger partial charge on any atom is -0.450 e. The number of rotatable bonds is 2. The molecule has 0 unspecified atom stereocenters. The molecule has 1 spiro atoms. The Morgan fingerprint density at radius 1 is 1.30 bits per heavy atom. The topological polar surface area (TPSA) is 68.1 Å². The van der Waals surface area contributed by atoms with Gasteiger partial charge in [-0.2, -0.15) is 0 Å². The summed E-state index contributed by atoms with van der Waals surface area (Å²) in [6, 6.07) is 10.0. The van der Waals surface area contributed by atoms with Crippen molar-refractivity contribution in [2.75, 3.05) is 0 Å². The summed E-state index contributed by atoms with van der Waals surface area (Å²) in [6.45, 7) is 0. The van der Waals surface area contributed by atoms with Gasteiger partial charge in [-0.25, -0.2) is 4.79 Å². The zero-order valence-electron chi connectivity index (χ0n) is 11.1. The Hall–Kier alpha value is -2.04. The fraction of sp³-hybridized carbons (Fsp3) is 0.467. The highest BCUT2D eigenvalue weighted by molar-refractivity contribution is 6.01. The van der Waals surface area contributed by atoms with Gasteiger partial charge >= 0.3 is 6.16 Å². The molecule has 1 aromatic rings. The summed E-state index contributed by atoms with van der Waals surface area (Å²) >= 11 is 0. The van der Waals surface area contributed by atoms with Crippen molar-refractivity contribution < 1.29 is 19.5 Å². The van der Waals surface area contributed by atoms with E-state index in [0.717, 1.165) is 30.5 Å². The molecule has 2 aliphatic rings. The first kappa shape index (κ1) is 13.0. The zero-order chi connectivity index (χ0) is 14.0. The van der Waals surface area contributed by atoms with Crippen molar-refractivity contribution in [3.8, 4) is 0 Å². The van der Waals surface area contributed by atoms with Gasteiger partial charge in [-0.3, -0.25) is 0 Å². The first-order chi connectivity index (χ1) is 9.67. The van der Waals surface area contributed by atoms with Crippen LogP contribution < -0.4 is 0 Å². The van der Waals surface area contributed by atoms with Crippen LogP contribution >= 0.6 is 0 Å². The molecule has 0 amide bonds. The molecule has 0 bridgehead atoms. The van der Waals surface area contributed by atoms with E-state index in [0.29, 0.717) is 12.8 Å². The highest BCUT2D eigenvalue weighted by atomic mass is 16.7. The molecule has 1 heterocycles. The second kappa shape index (κ2) is 5.15. The second-order valence-electron chi connectivity index (χ2n) is 5.44. The van der Waals surface area contributed by atoms with Crippen molar-refractivity contribution in [3.63, 3.8) is 0 Å². The average Bonchev–Trinajstić information content (AvgIpc) is 2.87. The van der Waals surface area contributed by atoms with Crippen LogP contribution in [0.5, 0.6) is 0 Å². The van der Waals surface area contributed by atoms with Crippen LogP contribution in [0.2, 0.25) is 0 Å². The fourth-order valence-corrected chi connectivity index (χ4v) is 2.95. The number of oxime groups is 1. The molecule has 1 aromatic carbocycles. The molecule has 0 aromatic heterocycles. The van der Waals surface area contributed by atoms with Crippen molar-refractivity contribution in [2.45, 2.75) is 43.8 Å². The number of hydrogen-bond donors (Lipinski definition) is 1. The first-order valence-corrected chi connectivity index (χ1v) is 6.87. The lowest BCUT2D eigenvalue weighted by molar-refractivity contribution is -0.0738. The van der Waals surface area contributed by atoms with E-state index < -0.39 is 6.16 Å². The van der Waals surface area contributed by atoms with Crippen LogP contribution in [0.3, 0.4) is 0 Å². The monoisotopic (exact) mass is 275 g/mol. The molecular formula is C15H17NO4. The number of nitrogens with zero attached hydrogens (tertiary/aromatic N) is 1. The summed E-state index contributed by atoms with van der Waals surface area (Å²) in [6.07, 6.45) is 2.35. The number of carboxylic acid groups (broad SMARTS) is 1. The van der Waals surface area contributed by atoms with Crippen LogP contribution in [-0.2, 0) is 9.57 Å². The van der Waals surface area contributed by atoms with Crippen LogP contribution in [0.4, 0.5) is 4.79 Å². The molecule has 0 saturated heterocycles. The third-order valence-corrected chi connectivity index (χ3v) is 4.06. The summed E-state index contributed by atoms with van der Waals surface area (Å²) in [4.78, 5) is 16.2. The van der Waals surface area contributed by atoms with Crippen molar-refractivity contribution in [1.29, 1.82) is 0 Å². The van der Waals surface area contributed by atoms with E-state index >= 15 is 0 Å². The molecule has 1 aliphatic carbocycles. The molecule has 0 atom stereocenters. The normalized spacial score (nSPS) is 28.8. The Kier molecular flexibility index (Phi) is 3.34. The maximum Gasteiger partial charge on any atom is 0.506 e. The SMILES string of the molecule is O=C(O)OC1CCC2(CC1)CC(c1ccccc1)=NO2. The third-order valence-electron chi connectivity index (χ3n) is 4.06. The van der Waals surface area contributed by atoms with Gasteiger partial charge in [-0.1, -0.05) is 35.5 Å². The van der Waals surface area contributed by atoms with Crippen molar-refractivity contribution >= 4 is 11.9 Å². The molecule has 3 rings (SSSR count). The largest absolute Gasteiger partial charge is 0.506 e. The van der Waals surface area contributed by atoms with E-state index in [1.165, 1.54) is 0 Å². The molecule has 0 radical (unpaired) electrons. The average molecular weight is 275 g/mol. The van der Waals surface area contributed by atoms with E-state index in [9.17, 15) is 4.79 Å². The Labute approximate surface area is 117 Å². The summed E-state index contributed by atoms with van der Waals surface area (Å²) in [5, 5.41) is 12.9. The Balaban J connectivity index is 1.61. The molecule has 1 aliphatic heterocycles. The predicted molar refractivity (Wildman–Crippen MR) is 72.8 cm³/mol. The highest BCUT2D eigenvalue weighted by Crippen LogP contribution is 2.40. The lowest BCUT2D eigenvalue weighted by Gasteiger charge is -2.34. The van der Waals surface area contributed by atoms with Gasteiger partial charge in [0, 0.05) is 6.42 Å². The molecule has 1 N–H and O–H groups in total. The molecule has 1 fully saturated rings. The maximum atomic E-state index is 10.5. The molecule has 106 valence electrons. The number of hydrogen-bond acceptors (Lipinski definition) is 4. The van der Waals surface area contributed by atoms with E-state index in [-0.39, 0.29) is 11.7 Å². The van der Waals surface area contributed by atoms with Crippen molar-refractivity contribution in [2.24, 2.45) is 5.16 Å². The van der Waals surface area contributed by atoms with Crippen molar-refractivity contribution in [1.82, 2.24) is 0 Å². The van der Waals surface area contributed by atoms with Crippen molar-refractivity contribution in [3.05, 3.63) is 35.9 Å². The quantitative estimate of drug-likeness (QED) is 0.842.